The Kier molecular flexibility index (Phi) is 4.69. The lowest BCUT2D eigenvalue weighted by Gasteiger charge is -2.27. The van der Waals surface area contributed by atoms with Gasteiger partial charge in [-0.15, -0.1) is 6.58 Å². The molecular weight excluding hydrogens is 278 g/mol. The third kappa shape index (κ3) is 3.56. The van der Waals surface area contributed by atoms with Crippen molar-refractivity contribution in [1.29, 1.82) is 0 Å². The van der Waals surface area contributed by atoms with Gasteiger partial charge in [-0.05, 0) is 39.2 Å². The number of ether oxygens (including phenoxy) is 1. The molecule has 22 heavy (non-hydrogen) atoms. The van der Waals surface area contributed by atoms with E-state index in [-0.39, 0.29) is 17.9 Å². The van der Waals surface area contributed by atoms with Crippen LogP contribution in [0.5, 0.6) is 0 Å². The van der Waals surface area contributed by atoms with Gasteiger partial charge in [-0.25, -0.2) is 9.69 Å². The van der Waals surface area contributed by atoms with Crippen molar-refractivity contribution in [3.63, 3.8) is 0 Å². The van der Waals surface area contributed by atoms with Crippen LogP contribution in [0.3, 0.4) is 0 Å². The van der Waals surface area contributed by atoms with Crippen molar-refractivity contribution >= 4 is 12.0 Å². The molecule has 2 atom stereocenters. The predicted molar refractivity (Wildman–Crippen MR) is 85.2 cm³/mol. The van der Waals surface area contributed by atoms with Crippen molar-refractivity contribution < 1.29 is 14.3 Å². The number of rotatable bonds is 3. The highest BCUT2D eigenvalue weighted by Gasteiger charge is 2.44. The summed E-state index contributed by atoms with van der Waals surface area (Å²) in [5, 5.41) is 0. The smallest absolute Gasteiger partial charge is 0.417 e. The molecule has 1 heterocycles. The molecule has 0 spiro atoms. The first kappa shape index (κ1) is 16.3. The minimum Gasteiger partial charge on any atom is -0.443 e. The van der Waals surface area contributed by atoms with Crippen molar-refractivity contribution in [2.75, 3.05) is 0 Å². The Morgan fingerprint density at radius 1 is 1.36 bits per heavy atom. The third-order valence-electron chi connectivity index (χ3n) is 3.63. The number of carbonyl (C=O) groups is 2. The van der Waals surface area contributed by atoms with Crippen LogP contribution in [0.4, 0.5) is 4.79 Å². The first-order valence-electron chi connectivity index (χ1n) is 7.55. The number of nitrogens with zero attached hydrogens (tertiary/aromatic N) is 1. The molecule has 1 aliphatic rings. The minimum atomic E-state index is -0.630. The SMILES string of the molecule is C=CC[C@H]1C[C@H](c2ccccc2)N(C(=O)OC(C)(C)C)C1=O. The van der Waals surface area contributed by atoms with Crippen LogP contribution in [0.2, 0.25) is 0 Å². The third-order valence-corrected chi connectivity index (χ3v) is 3.63. The number of imide groups is 1. The number of hydrogen-bond acceptors (Lipinski definition) is 3. The summed E-state index contributed by atoms with van der Waals surface area (Å²) in [7, 11) is 0. The highest BCUT2D eigenvalue weighted by atomic mass is 16.6. The molecule has 4 nitrogen and oxygen atoms in total. The molecule has 1 aliphatic heterocycles. The van der Waals surface area contributed by atoms with Gasteiger partial charge in [-0.1, -0.05) is 36.4 Å². The zero-order valence-electron chi connectivity index (χ0n) is 13.4. The van der Waals surface area contributed by atoms with Crippen molar-refractivity contribution in [1.82, 2.24) is 4.90 Å². The number of carbonyl (C=O) groups excluding carboxylic acids is 2. The summed E-state index contributed by atoms with van der Waals surface area (Å²) in [4.78, 5) is 26.3. The molecule has 0 N–H and O–H groups in total. The lowest BCUT2D eigenvalue weighted by Crippen LogP contribution is -2.39. The normalized spacial score (nSPS) is 21.8. The molecule has 2 rings (SSSR count). The summed E-state index contributed by atoms with van der Waals surface area (Å²) in [5.41, 5.74) is 0.322. The molecule has 0 unspecified atom stereocenters. The minimum absolute atomic E-state index is 0.178. The number of allylic oxidation sites excluding steroid dienone is 1. The van der Waals surface area contributed by atoms with Gasteiger partial charge in [0, 0.05) is 5.92 Å². The molecule has 118 valence electrons. The fourth-order valence-corrected chi connectivity index (χ4v) is 2.71. The van der Waals surface area contributed by atoms with Gasteiger partial charge in [0.25, 0.3) is 0 Å². The van der Waals surface area contributed by atoms with Crippen LogP contribution in [-0.4, -0.2) is 22.5 Å². The lowest BCUT2D eigenvalue weighted by atomic mass is 9.97. The van der Waals surface area contributed by atoms with E-state index in [1.807, 2.05) is 30.3 Å². The number of benzene rings is 1. The molecule has 2 amide bonds. The molecule has 0 saturated carbocycles. The molecule has 1 saturated heterocycles. The fraction of sp³-hybridized carbons (Fsp3) is 0.444. The molecule has 4 heteroatoms. The van der Waals surface area contributed by atoms with Crippen LogP contribution < -0.4 is 0 Å². The van der Waals surface area contributed by atoms with Gasteiger partial charge in [0.05, 0.1) is 6.04 Å². The largest absolute Gasteiger partial charge is 0.443 e. The van der Waals surface area contributed by atoms with Crippen LogP contribution in [0.1, 0.15) is 45.2 Å². The van der Waals surface area contributed by atoms with E-state index in [9.17, 15) is 9.59 Å². The van der Waals surface area contributed by atoms with Gasteiger partial charge in [0.1, 0.15) is 5.60 Å². The van der Waals surface area contributed by atoms with Crippen molar-refractivity contribution in [2.45, 2.75) is 45.3 Å². The molecule has 0 radical (unpaired) electrons. The first-order chi connectivity index (χ1) is 10.3. The number of likely N-dealkylation sites (tertiary alicyclic amines) is 1. The van der Waals surface area contributed by atoms with Crippen LogP contribution in [0, 0.1) is 5.92 Å². The molecule has 1 aromatic carbocycles. The maximum atomic E-state index is 12.6. The Labute approximate surface area is 131 Å². The Hall–Kier alpha value is -2.10. The standard InChI is InChI=1S/C18H23NO3/c1-5-9-14-12-15(13-10-7-6-8-11-13)19(16(14)20)17(21)22-18(2,3)4/h5-8,10-11,14-15H,1,9,12H2,2-4H3/t14-,15+/m0/s1. The zero-order chi connectivity index (χ0) is 16.3. The summed E-state index contributed by atoms with van der Waals surface area (Å²) in [6.45, 7) is 9.09. The Morgan fingerprint density at radius 3 is 2.55 bits per heavy atom. The van der Waals surface area contributed by atoms with Crippen molar-refractivity contribution in [3.8, 4) is 0 Å². The van der Waals surface area contributed by atoms with Gasteiger partial charge in [-0.3, -0.25) is 4.79 Å². The number of hydrogen-bond donors (Lipinski definition) is 0. The summed E-state index contributed by atoms with van der Waals surface area (Å²) < 4.78 is 5.41. The van der Waals surface area contributed by atoms with E-state index in [4.69, 9.17) is 4.74 Å². The second kappa shape index (κ2) is 6.34. The monoisotopic (exact) mass is 301 g/mol. The van der Waals surface area contributed by atoms with Gasteiger partial charge in [0.15, 0.2) is 0 Å². The second-order valence-corrected chi connectivity index (χ2v) is 6.57. The van der Waals surface area contributed by atoms with E-state index in [0.29, 0.717) is 12.8 Å². The molecule has 0 bridgehead atoms. The van der Waals surface area contributed by atoms with E-state index < -0.39 is 11.7 Å². The molecule has 0 aromatic heterocycles. The quantitative estimate of drug-likeness (QED) is 0.790. The topological polar surface area (TPSA) is 46.6 Å². The maximum absolute atomic E-state index is 12.6. The number of amides is 2. The summed E-state index contributed by atoms with van der Waals surface area (Å²) in [6, 6.07) is 9.34. The first-order valence-corrected chi connectivity index (χ1v) is 7.55. The molecule has 1 fully saturated rings. The summed E-state index contributed by atoms with van der Waals surface area (Å²) in [5.74, 6) is -0.391. The summed E-state index contributed by atoms with van der Waals surface area (Å²) in [6.07, 6.45) is 2.33. The van der Waals surface area contributed by atoms with Crippen molar-refractivity contribution in [3.05, 3.63) is 48.6 Å². The molecule has 1 aromatic rings. The zero-order valence-corrected chi connectivity index (χ0v) is 13.4. The van der Waals surface area contributed by atoms with Gasteiger partial charge in [-0.2, -0.15) is 0 Å². The van der Waals surface area contributed by atoms with E-state index in [1.54, 1.807) is 26.8 Å². The van der Waals surface area contributed by atoms with E-state index >= 15 is 0 Å². The average Bonchev–Trinajstić information content (AvgIpc) is 2.76. The van der Waals surface area contributed by atoms with E-state index in [1.165, 1.54) is 4.90 Å². The van der Waals surface area contributed by atoms with Crippen LogP contribution >= 0.6 is 0 Å². The molecular formula is C18H23NO3. The second-order valence-electron chi connectivity index (χ2n) is 6.57. The highest BCUT2D eigenvalue weighted by Crippen LogP contribution is 2.38. The maximum Gasteiger partial charge on any atom is 0.417 e. The van der Waals surface area contributed by atoms with Gasteiger partial charge < -0.3 is 4.74 Å². The Morgan fingerprint density at radius 2 is 2.00 bits per heavy atom. The van der Waals surface area contributed by atoms with Crippen LogP contribution in [0.15, 0.2) is 43.0 Å². The lowest BCUT2D eigenvalue weighted by molar-refractivity contribution is -0.131. The van der Waals surface area contributed by atoms with Gasteiger partial charge >= 0.3 is 6.09 Å². The van der Waals surface area contributed by atoms with Crippen LogP contribution in [-0.2, 0) is 9.53 Å². The Balaban J connectivity index is 2.30. The average molecular weight is 301 g/mol. The summed E-state index contributed by atoms with van der Waals surface area (Å²) >= 11 is 0. The molecule has 0 aliphatic carbocycles. The van der Waals surface area contributed by atoms with Crippen molar-refractivity contribution in [2.24, 2.45) is 5.92 Å². The highest BCUT2D eigenvalue weighted by molar-refractivity contribution is 5.96. The van der Waals surface area contributed by atoms with E-state index in [0.717, 1.165) is 5.56 Å². The van der Waals surface area contributed by atoms with Crippen LogP contribution in [0.25, 0.3) is 0 Å². The Bertz CT molecular complexity index is 559. The van der Waals surface area contributed by atoms with E-state index in [2.05, 4.69) is 6.58 Å². The fourth-order valence-electron chi connectivity index (χ4n) is 2.71. The van der Waals surface area contributed by atoms with Gasteiger partial charge in [0.2, 0.25) is 5.91 Å². The predicted octanol–water partition coefficient (Wildman–Crippen LogP) is 4.09.